The van der Waals surface area contributed by atoms with Crippen LogP contribution in [0.3, 0.4) is 0 Å². The molecule has 4 aromatic carbocycles. The van der Waals surface area contributed by atoms with Crippen molar-refractivity contribution in [1.82, 2.24) is 0 Å². The van der Waals surface area contributed by atoms with E-state index in [-0.39, 0.29) is 28.1 Å². The number of aliphatic imine (C=N–C) groups is 4. The standard InChI is InChI=1S/C44H24N8O8/c53-49(54)41-32-24-30-22-21-29(45-30)23-31-33(25-13-5-1-6-14-25)34(26-15-7-2-8-16-26)37(46-31)35(27-17-9-3-10-18-27)38-36(28-19-11-4-12-20-28)42(50(55)56)39(48-38)43(51(57)58)40(47-32)44(41)52(59)60/h1-24H. The van der Waals surface area contributed by atoms with E-state index in [0.29, 0.717) is 39.4 Å². The molecule has 0 N–H and O–H groups in total. The number of rotatable bonds is 8. The Kier molecular flexibility index (Phi) is 8.90. The van der Waals surface area contributed by atoms with Crippen molar-refractivity contribution in [2.24, 2.45) is 20.0 Å². The maximum absolute atomic E-state index is 13.5. The molecule has 0 saturated heterocycles. The molecule has 0 unspecified atom stereocenters. The molecule has 0 aromatic heterocycles. The first-order valence-corrected chi connectivity index (χ1v) is 18.1. The van der Waals surface area contributed by atoms with Gasteiger partial charge in [-0.3, -0.25) is 40.5 Å². The fourth-order valence-corrected chi connectivity index (χ4v) is 7.59. The molecule has 4 aromatic rings. The Morgan fingerprint density at radius 3 is 1.38 bits per heavy atom. The Hall–Kier alpha value is -8.92. The Balaban J connectivity index is 1.53. The highest BCUT2D eigenvalue weighted by molar-refractivity contribution is 6.50. The van der Waals surface area contributed by atoms with Crippen molar-refractivity contribution < 1.29 is 19.7 Å². The topological polar surface area (TPSA) is 222 Å². The largest absolute Gasteiger partial charge is 0.380 e. The van der Waals surface area contributed by atoms with E-state index in [2.05, 4.69) is 9.98 Å². The van der Waals surface area contributed by atoms with Crippen LogP contribution in [-0.4, -0.2) is 42.5 Å². The number of benzene rings is 4. The molecule has 5 heterocycles. The van der Waals surface area contributed by atoms with Crippen molar-refractivity contribution in [1.29, 1.82) is 0 Å². The van der Waals surface area contributed by atoms with Gasteiger partial charge in [0.1, 0.15) is 0 Å². The van der Waals surface area contributed by atoms with Crippen molar-refractivity contribution in [2.75, 3.05) is 0 Å². The van der Waals surface area contributed by atoms with Crippen molar-refractivity contribution >= 4 is 45.1 Å². The van der Waals surface area contributed by atoms with Gasteiger partial charge >= 0.3 is 22.8 Å². The van der Waals surface area contributed by atoms with Gasteiger partial charge in [0.2, 0.25) is 11.4 Å². The lowest BCUT2D eigenvalue weighted by molar-refractivity contribution is -0.462. The Bertz CT molecular complexity index is 3040. The van der Waals surface area contributed by atoms with E-state index in [4.69, 9.17) is 9.98 Å². The molecule has 288 valence electrons. The van der Waals surface area contributed by atoms with Gasteiger partial charge in [-0.25, -0.2) is 20.0 Å². The molecule has 9 rings (SSSR count). The van der Waals surface area contributed by atoms with Crippen LogP contribution in [0.25, 0.3) is 22.3 Å². The van der Waals surface area contributed by atoms with E-state index in [1.165, 1.54) is 6.08 Å². The Morgan fingerprint density at radius 2 is 0.867 bits per heavy atom. The minimum absolute atomic E-state index is 0.0805. The van der Waals surface area contributed by atoms with Crippen LogP contribution in [0.15, 0.2) is 211 Å². The summed E-state index contributed by atoms with van der Waals surface area (Å²) in [5.74, 6) is 0. The zero-order valence-electron chi connectivity index (χ0n) is 30.7. The fourth-order valence-electron chi connectivity index (χ4n) is 7.59. The molecule has 0 fully saturated rings. The summed E-state index contributed by atoms with van der Waals surface area (Å²) in [6.45, 7) is 0. The van der Waals surface area contributed by atoms with Crippen molar-refractivity contribution in [3.05, 3.63) is 254 Å². The molecule has 60 heavy (non-hydrogen) atoms. The Morgan fingerprint density at radius 1 is 0.383 bits per heavy atom. The van der Waals surface area contributed by atoms with Crippen molar-refractivity contribution in [3.63, 3.8) is 0 Å². The number of fused-ring (bicyclic) bond motifs is 4. The zero-order valence-corrected chi connectivity index (χ0v) is 30.7. The number of nitro groups is 4. The van der Waals surface area contributed by atoms with Gasteiger partial charge in [0, 0.05) is 16.7 Å². The van der Waals surface area contributed by atoms with Crippen LogP contribution in [0.5, 0.6) is 0 Å². The first-order chi connectivity index (χ1) is 29.1. The third-order valence-corrected chi connectivity index (χ3v) is 9.97. The summed E-state index contributed by atoms with van der Waals surface area (Å²) in [5.41, 5.74) is -2.74. The summed E-state index contributed by atoms with van der Waals surface area (Å²) in [5, 5.41) is 52.0. The predicted molar refractivity (Wildman–Crippen MR) is 223 cm³/mol. The molecule has 5 aliphatic heterocycles. The van der Waals surface area contributed by atoms with E-state index in [0.717, 1.165) is 11.6 Å². The highest BCUT2D eigenvalue weighted by Crippen LogP contribution is 2.48. The van der Waals surface area contributed by atoms with Gasteiger partial charge < -0.3 is 0 Å². The number of hydrogen-bond donors (Lipinski definition) is 0. The van der Waals surface area contributed by atoms with E-state index in [9.17, 15) is 40.5 Å². The summed E-state index contributed by atoms with van der Waals surface area (Å²) in [6.07, 6.45) is 5.92. The van der Waals surface area contributed by atoms with Gasteiger partial charge in [0.25, 0.3) is 0 Å². The van der Waals surface area contributed by atoms with Crippen LogP contribution in [0.4, 0.5) is 0 Å². The predicted octanol–water partition coefficient (Wildman–Crippen LogP) is 8.11. The molecule has 16 heteroatoms. The van der Waals surface area contributed by atoms with Crippen LogP contribution < -0.4 is 0 Å². The maximum atomic E-state index is 13.5. The monoisotopic (exact) mass is 792 g/mol. The average Bonchev–Trinajstić information content (AvgIpc) is 4.03. The summed E-state index contributed by atoms with van der Waals surface area (Å²) in [6, 6.07) is 35.6. The molecular weight excluding hydrogens is 769 g/mol. The average molecular weight is 793 g/mol. The van der Waals surface area contributed by atoms with Crippen LogP contribution in [0, 0.1) is 40.5 Å². The van der Waals surface area contributed by atoms with Crippen molar-refractivity contribution in [2.45, 2.75) is 0 Å². The van der Waals surface area contributed by atoms with E-state index in [1.54, 1.807) is 72.8 Å². The van der Waals surface area contributed by atoms with Crippen LogP contribution in [0.2, 0.25) is 0 Å². The number of allylic oxidation sites excluding steroid dienone is 8. The number of nitrogens with zero attached hydrogens (tertiary/aromatic N) is 8. The minimum Gasteiger partial charge on any atom is -0.258 e. The lowest BCUT2D eigenvalue weighted by atomic mass is 9.85. The molecule has 0 aliphatic carbocycles. The molecular formula is C44H24N8O8. The second kappa shape index (κ2) is 14.5. The van der Waals surface area contributed by atoms with E-state index < -0.39 is 59.6 Å². The summed E-state index contributed by atoms with van der Waals surface area (Å²) < 4.78 is 0. The van der Waals surface area contributed by atoms with Gasteiger partial charge in [-0.1, -0.05) is 121 Å². The third kappa shape index (κ3) is 6.13. The van der Waals surface area contributed by atoms with Crippen molar-refractivity contribution in [3.8, 4) is 0 Å². The quantitative estimate of drug-likeness (QED) is 0.125. The second-order valence-corrected chi connectivity index (χ2v) is 13.5. The highest BCUT2D eigenvalue weighted by atomic mass is 16.6. The van der Waals surface area contributed by atoms with Gasteiger partial charge in [0.15, 0.2) is 5.70 Å². The summed E-state index contributed by atoms with van der Waals surface area (Å²) in [7, 11) is 0. The molecule has 5 aliphatic rings. The molecule has 0 amide bonds. The van der Waals surface area contributed by atoms with Gasteiger partial charge in [-0.2, -0.15) is 0 Å². The van der Waals surface area contributed by atoms with Crippen LogP contribution in [0.1, 0.15) is 22.3 Å². The third-order valence-electron chi connectivity index (χ3n) is 9.97. The van der Waals surface area contributed by atoms with Crippen LogP contribution in [-0.2, 0) is 0 Å². The SMILES string of the molecule is O=[N+]([O-])C1=C2N=C(C(c3ccccc3)=C3N=C(C=C4C=CC(=N4)C=C4N=C1C([N+](=O)[O-])=C4[N+](=O)[O-])C(c1ccccc1)=C3c1ccccc1)C(c1ccccc1)=C2[N+](=O)[O-]. The van der Waals surface area contributed by atoms with Gasteiger partial charge in [-0.15, -0.1) is 0 Å². The molecule has 0 spiro atoms. The van der Waals surface area contributed by atoms with Gasteiger partial charge in [-0.05, 0) is 46.6 Å². The smallest absolute Gasteiger partial charge is 0.258 e. The minimum atomic E-state index is -1.34. The summed E-state index contributed by atoms with van der Waals surface area (Å²) in [4.78, 5) is 66.5. The molecule has 0 saturated carbocycles. The maximum Gasteiger partial charge on any atom is 0.380 e. The van der Waals surface area contributed by atoms with Gasteiger partial charge in [0.05, 0.1) is 53.8 Å². The molecule has 16 nitrogen and oxygen atoms in total. The first kappa shape index (κ1) is 36.7. The lowest BCUT2D eigenvalue weighted by Gasteiger charge is -2.17. The zero-order chi connectivity index (χ0) is 41.7. The first-order valence-electron chi connectivity index (χ1n) is 18.1. The van der Waals surface area contributed by atoms with E-state index in [1.807, 2.05) is 60.7 Å². The van der Waals surface area contributed by atoms with E-state index >= 15 is 0 Å². The fraction of sp³-hybridized carbons (Fsp3) is 0. The molecule has 0 radical (unpaired) electrons. The molecule has 0 atom stereocenters. The Labute approximate surface area is 338 Å². The normalized spacial score (nSPS) is 17.1. The highest BCUT2D eigenvalue weighted by Gasteiger charge is 2.52. The second-order valence-electron chi connectivity index (χ2n) is 13.5. The summed E-state index contributed by atoms with van der Waals surface area (Å²) >= 11 is 0. The molecule has 8 bridgehead atoms. The lowest BCUT2D eigenvalue weighted by Crippen LogP contribution is -2.21. The number of hydrogen-bond acceptors (Lipinski definition) is 12. The van der Waals surface area contributed by atoms with Crippen LogP contribution >= 0.6 is 0 Å².